The molecule has 1 amide bonds. The summed E-state index contributed by atoms with van der Waals surface area (Å²) in [6.07, 6.45) is 0. The zero-order chi connectivity index (χ0) is 18.3. The molecule has 0 aliphatic carbocycles. The molecule has 0 radical (unpaired) electrons. The fourth-order valence-corrected chi connectivity index (χ4v) is 3.40. The van der Waals surface area contributed by atoms with E-state index in [1.807, 2.05) is 36.6 Å². The highest BCUT2D eigenvalue weighted by atomic mass is 32.1. The second kappa shape index (κ2) is 6.30. The molecular formula is C18H16N4O3S. The number of methoxy groups -OCH3 is 1. The third-order valence-corrected chi connectivity index (χ3v) is 4.69. The molecule has 4 aromatic rings. The van der Waals surface area contributed by atoms with Crippen LogP contribution in [0, 0.1) is 6.92 Å². The molecule has 1 aromatic carbocycles. The third kappa shape index (κ3) is 2.95. The van der Waals surface area contributed by atoms with Gasteiger partial charge in [0.25, 0.3) is 5.91 Å². The molecule has 0 aliphatic heterocycles. The summed E-state index contributed by atoms with van der Waals surface area (Å²) in [5, 5.41) is 10.3. The van der Waals surface area contributed by atoms with E-state index in [0.717, 1.165) is 22.4 Å². The van der Waals surface area contributed by atoms with Crippen LogP contribution in [0.15, 0.2) is 40.1 Å². The zero-order valence-corrected chi connectivity index (χ0v) is 15.3. The Bertz CT molecular complexity index is 1110. The van der Waals surface area contributed by atoms with Gasteiger partial charge in [-0.2, -0.15) is 5.10 Å². The van der Waals surface area contributed by atoms with E-state index in [2.05, 4.69) is 15.4 Å². The molecule has 8 heteroatoms. The second-order valence-electron chi connectivity index (χ2n) is 5.80. The zero-order valence-electron chi connectivity index (χ0n) is 14.4. The highest BCUT2D eigenvalue weighted by Gasteiger charge is 2.15. The Balaban J connectivity index is 1.58. The third-order valence-electron chi connectivity index (χ3n) is 3.94. The van der Waals surface area contributed by atoms with Crippen molar-refractivity contribution < 1.29 is 13.9 Å². The summed E-state index contributed by atoms with van der Waals surface area (Å²) in [7, 11) is 3.36. The summed E-state index contributed by atoms with van der Waals surface area (Å²) >= 11 is 1.34. The van der Waals surface area contributed by atoms with Crippen LogP contribution in [-0.2, 0) is 7.05 Å². The molecule has 0 atom stereocenters. The van der Waals surface area contributed by atoms with Gasteiger partial charge in [-0.25, -0.2) is 4.98 Å². The van der Waals surface area contributed by atoms with Gasteiger partial charge in [0.2, 0.25) is 0 Å². The number of anilines is 1. The first-order chi connectivity index (χ1) is 12.5. The fourth-order valence-electron chi connectivity index (χ4n) is 2.70. The van der Waals surface area contributed by atoms with E-state index in [1.165, 1.54) is 11.3 Å². The number of ether oxygens (including phenoxy) is 1. The average molecular weight is 368 g/mol. The van der Waals surface area contributed by atoms with Crippen molar-refractivity contribution in [2.45, 2.75) is 6.92 Å². The number of rotatable bonds is 4. The predicted octanol–water partition coefficient (Wildman–Crippen LogP) is 3.86. The number of amides is 1. The van der Waals surface area contributed by atoms with Crippen LogP contribution in [0.5, 0.6) is 5.75 Å². The maximum atomic E-state index is 12.4. The Morgan fingerprint density at radius 2 is 2.15 bits per heavy atom. The maximum Gasteiger partial charge on any atom is 0.275 e. The van der Waals surface area contributed by atoms with Gasteiger partial charge in [-0.15, -0.1) is 11.3 Å². The standard InChI is InChI=1S/C18H16N4O3S/c1-10-6-14(22(2)21-10)17(23)20-18-19-13(9-26-18)16-8-11-7-12(24-3)4-5-15(11)25-16/h4-9H,1-3H3,(H,19,20,23). The smallest absolute Gasteiger partial charge is 0.275 e. The molecule has 1 N–H and O–H groups in total. The minimum atomic E-state index is -0.247. The van der Waals surface area contributed by atoms with E-state index in [1.54, 1.807) is 24.9 Å². The number of thiazole rings is 1. The molecule has 4 rings (SSSR count). The lowest BCUT2D eigenvalue weighted by molar-refractivity contribution is 0.101. The van der Waals surface area contributed by atoms with Crippen LogP contribution in [0.2, 0.25) is 0 Å². The number of furan rings is 1. The monoisotopic (exact) mass is 368 g/mol. The van der Waals surface area contributed by atoms with Crippen molar-refractivity contribution in [2.75, 3.05) is 12.4 Å². The Labute approximate surface area is 153 Å². The molecule has 26 heavy (non-hydrogen) atoms. The summed E-state index contributed by atoms with van der Waals surface area (Å²) in [5.41, 5.74) is 2.69. The first-order valence-corrected chi connectivity index (χ1v) is 8.77. The Kier molecular flexibility index (Phi) is 3.96. The van der Waals surface area contributed by atoms with Crippen molar-refractivity contribution in [2.24, 2.45) is 7.05 Å². The van der Waals surface area contributed by atoms with Crippen molar-refractivity contribution in [3.63, 3.8) is 0 Å². The molecule has 0 spiro atoms. The van der Waals surface area contributed by atoms with Gasteiger partial charge < -0.3 is 9.15 Å². The molecule has 0 saturated carbocycles. The van der Waals surface area contributed by atoms with Gasteiger partial charge in [0.1, 0.15) is 22.7 Å². The average Bonchev–Trinajstić information content (AvgIpc) is 3.31. The molecular weight excluding hydrogens is 352 g/mol. The van der Waals surface area contributed by atoms with Crippen molar-refractivity contribution in [3.8, 4) is 17.2 Å². The number of hydrogen-bond acceptors (Lipinski definition) is 6. The van der Waals surface area contributed by atoms with E-state index in [4.69, 9.17) is 9.15 Å². The summed E-state index contributed by atoms with van der Waals surface area (Å²) in [6, 6.07) is 9.25. The Morgan fingerprint density at radius 1 is 1.31 bits per heavy atom. The number of hydrogen-bond donors (Lipinski definition) is 1. The van der Waals surface area contributed by atoms with Gasteiger partial charge in [-0.3, -0.25) is 14.8 Å². The Morgan fingerprint density at radius 3 is 2.88 bits per heavy atom. The van der Waals surface area contributed by atoms with Crippen LogP contribution in [0.1, 0.15) is 16.2 Å². The summed E-state index contributed by atoms with van der Waals surface area (Å²) in [4.78, 5) is 16.8. The van der Waals surface area contributed by atoms with Crippen LogP contribution < -0.4 is 10.1 Å². The number of carbonyl (C=O) groups is 1. The quantitative estimate of drug-likeness (QED) is 0.591. The minimum absolute atomic E-state index is 0.247. The second-order valence-corrected chi connectivity index (χ2v) is 6.66. The number of nitrogens with one attached hydrogen (secondary N) is 1. The van der Waals surface area contributed by atoms with Gasteiger partial charge in [0, 0.05) is 17.8 Å². The van der Waals surface area contributed by atoms with Crippen molar-refractivity contribution in [1.29, 1.82) is 0 Å². The van der Waals surface area contributed by atoms with Gasteiger partial charge in [0.15, 0.2) is 10.9 Å². The molecule has 132 valence electrons. The van der Waals surface area contributed by atoms with Gasteiger partial charge in [-0.1, -0.05) is 0 Å². The molecule has 0 saturated heterocycles. The summed E-state index contributed by atoms with van der Waals surface area (Å²) in [6.45, 7) is 1.84. The molecule has 0 bridgehead atoms. The maximum absolute atomic E-state index is 12.4. The lowest BCUT2D eigenvalue weighted by atomic mass is 10.2. The van der Waals surface area contributed by atoms with E-state index in [-0.39, 0.29) is 5.91 Å². The highest BCUT2D eigenvalue weighted by Crippen LogP contribution is 2.32. The van der Waals surface area contributed by atoms with Crippen LogP contribution in [-0.4, -0.2) is 27.8 Å². The first-order valence-electron chi connectivity index (χ1n) is 7.89. The van der Waals surface area contributed by atoms with Crippen molar-refractivity contribution in [3.05, 3.63) is 47.1 Å². The van der Waals surface area contributed by atoms with Crippen LogP contribution in [0.25, 0.3) is 22.4 Å². The van der Waals surface area contributed by atoms with Crippen LogP contribution in [0.3, 0.4) is 0 Å². The lowest BCUT2D eigenvalue weighted by Crippen LogP contribution is -2.15. The summed E-state index contributed by atoms with van der Waals surface area (Å²) in [5.74, 6) is 1.16. The van der Waals surface area contributed by atoms with Crippen LogP contribution >= 0.6 is 11.3 Å². The number of nitrogens with zero attached hydrogens (tertiary/aromatic N) is 3. The number of carbonyl (C=O) groups excluding carboxylic acids is 1. The van der Waals surface area contributed by atoms with Crippen molar-refractivity contribution in [1.82, 2.24) is 14.8 Å². The number of benzene rings is 1. The molecule has 0 fully saturated rings. The first kappa shape index (κ1) is 16.3. The van der Waals surface area contributed by atoms with E-state index < -0.39 is 0 Å². The van der Waals surface area contributed by atoms with Gasteiger partial charge in [0.05, 0.1) is 12.8 Å². The molecule has 3 aromatic heterocycles. The van der Waals surface area contributed by atoms with Crippen LogP contribution in [0.4, 0.5) is 5.13 Å². The normalized spacial score (nSPS) is 11.0. The largest absolute Gasteiger partial charge is 0.497 e. The number of aromatic nitrogens is 3. The fraction of sp³-hybridized carbons (Fsp3) is 0.167. The predicted molar refractivity (Wildman–Crippen MR) is 99.8 cm³/mol. The van der Waals surface area contributed by atoms with Crippen molar-refractivity contribution >= 4 is 33.3 Å². The number of aryl methyl sites for hydroxylation is 2. The van der Waals surface area contributed by atoms with Gasteiger partial charge in [-0.05, 0) is 37.3 Å². The SMILES string of the molecule is COc1ccc2oc(-c3csc(NC(=O)c4cc(C)nn4C)n3)cc2c1. The van der Waals surface area contributed by atoms with Gasteiger partial charge >= 0.3 is 0 Å². The topological polar surface area (TPSA) is 82.2 Å². The molecule has 7 nitrogen and oxygen atoms in total. The molecule has 0 aliphatic rings. The minimum Gasteiger partial charge on any atom is -0.497 e. The number of fused-ring (bicyclic) bond motifs is 1. The highest BCUT2D eigenvalue weighted by molar-refractivity contribution is 7.14. The summed E-state index contributed by atoms with van der Waals surface area (Å²) < 4.78 is 12.6. The lowest BCUT2D eigenvalue weighted by Gasteiger charge is -2.01. The van der Waals surface area contributed by atoms with E-state index in [0.29, 0.717) is 22.3 Å². The van der Waals surface area contributed by atoms with E-state index >= 15 is 0 Å². The van der Waals surface area contributed by atoms with E-state index in [9.17, 15) is 4.79 Å². The molecule has 0 unspecified atom stereocenters. The Hall–Kier alpha value is -3.13. The molecule has 3 heterocycles.